The van der Waals surface area contributed by atoms with Gasteiger partial charge < -0.3 is 9.15 Å². The van der Waals surface area contributed by atoms with Gasteiger partial charge in [-0.2, -0.15) is 0 Å². The van der Waals surface area contributed by atoms with Crippen molar-refractivity contribution in [2.45, 2.75) is 17.0 Å². The maximum atomic E-state index is 12.3. The number of rotatable bonds is 7. The zero-order chi connectivity index (χ0) is 22.5. The Bertz CT molecular complexity index is 1310. The molecule has 3 aromatic heterocycles. The molecule has 0 spiro atoms. The van der Waals surface area contributed by atoms with Crippen LogP contribution in [0.1, 0.15) is 31.4 Å². The van der Waals surface area contributed by atoms with E-state index in [1.807, 2.05) is 18.4 Å². The summed E-state index contributed by atoms with van der Waals surface area (Å²) in [5, 5.41) is 12.9. The van der Waals surface area contributed by atoms with Gasteiger partial charge in [0.05, 0.1) is 16.2 Å². The Hall–Kier alpha value is -3.28. The van der Waals surface area contributed by atoms with E-state index in [-0.39, 0.29) is 11.7 Å². The lowest BCUT2D eigenvalue weighted by Gasteiger charge is -2.05. The molecule has 3 heterocycles. The van der Waals surface area contributed by atoms with Gasteiger partial charge in [0.1, 0.15) is 12.0 Å². The van der Waals surface area contributed by atoms with E-state index in [4.69, 9.17) is 9.15 Å². The fraction of sp³-hybridized carbons (Fsp3) is 0.0952. The second kappa shape index (κ2) is 9.90. The van der Waals surface area contributed by atoms with Crippen molar-refractivity contribution in [3.8, 4) is 5.75 Å². The first-order valence-electron chi connectivity index (χ1n) is 9.19. The quantitative estimate of drug-likeness (QED) is 0.229. The largest absolute Gasteiger partial charge is 0.464 e. The predicted octanol–water partition coefficient (Wildman–Crippen LogP) is 4.63. The van der Waals surface area contributed by atoms with Crippen LogP contribution in [0.2, 0.25) is 0 Å². The fourth-order valence-corrected chi connectivity index (χ4v) is 4.79. The van der Waals surface area contributed by atoms with Gasteiger partial charge in [-0.3, -0.25) is 14.9 Å². The summed E-state index contributed by atoms with van der Waals surface area (Å²) < 4.78 is 11.2. The minimum absolute atomic E-state index is 0.181. The van der Waals surface area contributed by atoms with Crippen LogP contribution in [0.5, 0.6) is 5.75 Å². The first-order chi connectivity index (χ1) is 15.5. The summed E-state index contributed by atoms with van der Waals surface area (Å²) in [6, 6.07) is 11.7. The van der Waals surface area contributed by atoms with E-state index in [1.54, 1.807) is 30.3 Å². The van der Waals surface area contributed by atoms with Crippen LogP contribution in [0.3, 0.4) is 0 Å². The molecule has 8 nitrogen and oxygen atoms in total. The maximum absolute atomic E-state index is 12.3. The predicted molar refractivity (Wildman–Crippen MR) is 123 cm³/mol. The molecule has 4 aromatic rings. The molecule has 0 saturated heterocycles. The topological polar surface area (TPSA) is 111 Å². The summed E-state index contributed by atoms with van der Waals surface area (Å²) in [4.78, 5) is 37.2. The Morgan fingerprint density at radius 1 is 1.19 bits per heavy atom. The number of thioether (sulfide) groups is 1. The van der Waals surface area contributed by atoms with E-state index in [2.05, 4.69) is 15.5 Å². The Kier molecular flexibility index (Phi) is 6.78. The number of carbonyl (C=O) groups is 2. The van der Waals surface area contributed by atoms with Crippen molar-refractivity contribution >= 4 is 51.4 Å². The second-order valence-electron chi connectivity index (χ2n) is 6.43. The van der Waals surface area contributed by atoms with Gasteiger partial charge >= 0.3 is 5.97 Å². The molecule has 0 fully saturated rings. The van der Waals surface area contributed by atoms with Gasteiger partial charge in [0.25, 0.3) is 5.91 Å². The molecule has 0 radical (unpaired) electrons. The summed E-state index contributed by atoms with van der Waals surface area (Å²) >= 11 is 3.85. The molecule has 1 N–H and O–H groups in total. The SMILES string of the molecule is Cc1cccc(C(=O)Oc2coc(CSc3nnc(NC(=O)c4cccs4)s3)cc2=O)c1. The van der Waals surface area contributed by atoms with Crippen LogP contribution < -0.4 is 15.5 Å². The Morgan fingerprint density at radius 3 is 2.81 bits per heavy atom. The number of nitrogens with one attached hydrogen (secondary N) is 1. The van der Waals surface area contributed by atoms with Crippen LogP contribution in [0.4, 0.5) is 5.13 Å². The van der Waals surface area contributed by atoms with Gasteiger partial charge in [0, 0.05) is 6.07 Å². The van der Waals surface area contributed by atoms with E-state index in [0.717, 1.165) is 11.8 Å². The molecule has 0 aliphatic heterocycles. The Labute approximate surface area is 194 Å². The van der Waals surface area contributed by atoms with Gasteiger partial charge in [-0.05, 0) is 30.5 Å². The standard InChI is InChI=1S/C21H15N3O5S3/c1-12-4-2-5-13(8-12)19(27)29-16-10-28-14(9-15(16)25)11-31-21-24-23-20(32-21)22-18(26)17-6-3-7-30-17/h2-10H,11H2,1H3,(H,22,23,26). The molecule has 162 valence electrons. The molecule has 0 saturated carbocycles. The molecule has 0 unspecified atom stereocenters. The third-order valence-electron chi connectivity index (χ3n) is 4.02. The molecule has 4 rings (SSSR count). The summed E-state index contributed by atoms with van der Waals surface area (Å²) in [5.74, 6) is -0.354. The molecule has 1 aromatic carbocycles. The minimum Gasteiger partial charge on any atom is -0.464 e. The van der Waals surface area contributed by atoms with Crippen molar-refractivity contribution in [3.63, 3.8) is 0 Å². The van der Waals surface area contributed by atoms with E-state index in [1.165, 1.54) is 40.5 Å². The van der Waals surface area contributed by atoms with Crippen LogP contribution >= 0.6 is 34.4 Å². The molecule has 0 aliphatic rings. The normalized spacial score (nSPS) is 10.7. The van der Waals surface area contributed by atoms with Crippen molar-refractivity contribution in [1.82, 2.24) is 10.2 Å². The number of esters is 1. The van der Waals surface area contributed by atoms with Crippen molar-refractivity contribution in [2.75, 3.05) is 5.32 Å². The number of ether oxygens (including phenoxy) is 1. The monoisotopic (exact) mass is 485 g/mol. The number of aromatic nitrogens is 2. The number of benzene rings is 1. The van der Waals surface area contributed by atoms with Crippen molar-refractivity contribution in [1.29, 1.82) is 0 Å². The number of nitrogens with zero attached hydrogens (tertiary/aromatic N) is 2. The number of hydrogen-bond acceptors (Lipinski definition) is 10. The Balaban J connectivity index is 1.34. The van der Waals surface area contributed by atoms with Crippen LogP contribution in [0, 0.1) is 6.92 Å². The summed E-state index contributed by atoms with van der Waals surface area (Å²) in [6.45, 7) is 1.86. The van der Waals surface area contributed by atoms with Crippen LogP contribution in [0.15, 0.2) is 67.7 Å². The lowest BCUT2D eigenvalue weighted by atomic mass is 10.1. The highest BCUT2D eigenvalue weighted by atomic mass is 32.2. The highest BCUT2D eigenvalue weighted by Gasteiger charge is 2.14. The first-order valence-corrected chi connectivity index (χ1v) is 11.9. The number of hydrogen-bond donors (Lipinski definition) is 1. The van der Waals surface area contributed by atoms with Gasteiger partial charge in [0.2, 0.25) is 16.3 Å². The van der Waals surface area contributed by atoms with Gasteiger partial charge in [-0.25, -0.2) is 4.79 Å². The van der Waals surface area contributed by atoms with E-state index < -0.39 is 11.4 Å². The average Bonchev–Trinajstić information content (AvgIpc) is 3.46. The Morgan fingerprint density at radius 2 is 2.06 bits per heavy atom. The van der Waals surface area contributed by atoms with Gasteiger partial charge in [-0.15, -0.1) is 21.5 Å². The third kappa shape index (κ3) is 5.49. The molecule has 1 amide bonds. The van der Waals surface area contributed by atoms with E-state index >= 15 is 0 Å². The number of anilines is 1. The minimum atomic E-state index is -0.630. The smallest absolute Gasteiger partial charge is 0.343 e. The molecule has 0 bridgehead atoms. The number of amides is 1. The summed E-state index contributed by atoms with van der Waals surface area (Å²) in [7, 11) is 0. The summed E-state index contributed by atoms with van der Waals surface area (Å²) in [5.41, 5.74) is 0.793. The van der Waals surface area contributed by atoms with Crippen molar-refractivity contribution in [2.24, 2.45) is 0 Å². The number of thiophene rings is 1. The number of carbonyl (C=O) groups excluding carboxylic acids is 2. The summed E-state index contributed by atoms with van der Waals surface area (Å²) in [6.07, 6.45) is 1.12. The van der Waals surface area contributed by atoms with E-state index in [9.17, 15) is 14.4 Å². The van der Waals surface area contributed by atoms with Crippen molar-refractivity contribution in [3.05, 3.63) is 86.1 Å². The number of aryl methyl sites for hydroxylation is 1. The second-order valence-corrected chi connectivity index (χ2v) is 9.57. The zero-order valence-electron chi connectivity index (χ0n) is 16.6. The molecule has 32 heavy (non-hydrogen) atoms. The van der Waals surface area contributed by atoms with Crippen LogP contribution in [-0.2, 0) is 5.75 Å². The van der Waals surface area contributed by atoms with Crippen molar-refractivity contribution < 1.29 is 18.7 Å². The molecular weight excluding hydrogens is 470 g/mol. The van der Waals surface area contributed by atoms with Crippen LogP contribution in [0.25, 0.3) is 0 Å². The third-order valence-corrected chi connectivity index (χ3v) is 6.88. The highest BCUT2D eigenvalue weighted by Crippen LogP contribution is 2.28. The van der Waals surface area contributed by atoms with Crippen LogP contribution in [-0.4, -0.2) is 22.1 Å². The molecule has 0 atom stereocenters. The highest BCUT2D eigenvalue weighted by molar-refractivity contribution is 8.00. The van der Waals surface area contributed by atoms with E-state index in [0.29, 0.717) is 31.4 Å². The maximum Gasteiger partial charge on any atom is 0.343 e. The van der Waals surface area contributed by atoms with Gasteiger partial charge in [-0.1, -0.05) is 46.9 Å². The lowest BCUT2D eigenvalue weighted by Crippen LogP contribution is -2.14. The zero-order valence-corrected chi connectivity index (χ0v) is 19.0. The van der Waals surface area contributed by atoms with Gasteiger partial charge in [0.15, 0.2) is 4.34 Å². The molecule has 11 heteroatoms. The molecular formula is C21H15N3O5S3. The lowest BCUT2D eigenvalue weighted by molar-refractivity contribution is 0.0728. The molecule has 0 aliphatic carbocycles. The average molecular weight is 486 g/mol. The fourth-order valence-electron chi connectivity index (χ4n) is 2.54. The first kappa shape index (κ1) is 21.9.